The molecule has 1 aromatic heterocycles. The normalized spacial score (nSPS) is 18.8. The van der Waals surface area contributed by atoms with Crippen molar-refractivity contribution < 1.29 is 9.53 Å². The molecule has 1 atom stereocenters. The van der Waals surface area contributed by atoms with Gasteiger partial charge in [0.2, 0.25) is 5.91 Å². The van der Waals surface area contributed by atoms with E-state index in [1.807, 2.05) is 0 Å². The number of ether oxygens (including phenoxy) is 1. The topological polar surface area (TPSA) is 107 Å². The molecule has 1 aliphatic rings. The zero-order chi connectivity index (χ0) is 15.2. The summed E-state index contributed by atoms with van der Waals surface area (Å²) in [4.78, 5) is 41.1. The van der Waals surface area contributed by atoms with Crippen LogP contribution in [0.1, 0.15) is 12.0 Å². The van der Waals surface area contributed by atoms with Gasteiger partial charge in [0.15, 0.2) is 0 Å². The molecule has 0 saturated carbocycles. The van der Waals surface area contributed by atoms with Crippen LogP contribution in [0.5, 0.6) is 0 Å². The van der Waals surface area contributed by atoms with E-state index in [9.17, 15) is 14.4 Å². The summed E-state index contributed by atoms with van der Waals surface area (Å²) in [6.07, 6.45) is 2.12. The Kier molecular flexibility index (Phi) is 5.29. The second-order valence-electron chi connectivity index (χ2n) is 5.09. The van der Waals surface area contributed by atoms with Crippen molar-refractivity contribution in [3.8, 4) is 0 Å². The monoisotopic (exact) mass is 296 g/mol. The van der Waals surface area contributed by atoms with Gasteiger partial charge < -0.3 is 19.9 Å². The van der Waals surface area contributed by atoms with Crippen molar-refractivity contribution in [1.29, 1.82) is 0 Å². The molecule has 0 aliphatic carbocycles. The summed E-state index contributed by atoms with van der Waals surface area (Å²) in [6, 6.07) is 0. The minimum Gasteiger partial charge on any atom is -0.383 e. The Balaban J connectivity index is 1.82. The molecule has 0 spiro atoms. The summed E-state index contributed by atoms with van der Waals surface area (Å²) in [6.45, 7) is 3.17. The first-order chi connectivity index (χ1) is 10.1. The molecule has 0 aromatic carbocycles. The molecule has 3 N–H and O–H groups in total. The number of aromatic nitrogens is 2. The van der Waals surface area contributed by atoms with Crippen LogP contribution in [-0.4, -0.2) is 54.1 Å². The lowest BCUT2D eigenvalue weighted by Crippen LogP contribution is -2.35. The minimum atomic E-state index is -0.556. The van der Waals surface area contributed by atoms with Crippen LogP contribution in [0.4, 0.5) is 0 Å². The van der Waals surface area contributed by atoms with Crippen LogP contribution in [-0.2, 0) is 16.1 Å². The predicted molar refractivity (Wildman–Crippen MR) is 76.0 cm³/mol. The van der Waals surface area contributed by atoms with Crippen molar-refractivity contribution in [2.45, 2.75) is 13.0 Å². The number of amides is 1. The number of rotatable bonds is 6. The van der Waals surface area contributed by atoms with Gasteiger partial charge in [-0.1, -0.05) is 0 Å². The van der Waals surface area contributed by atoms with Crippen LogP contribution in [0.25, 0.3) is 0 Å². The Morgan fingerprint density at radius 1 is 1.52 bits per heavy atom. The average molecular weight is 296 g/mol. The van der Waals surface area contributed by atoms with Crippen molar-refractivity contribution >= 4 is 5.91 Å². The number of nitrogens with zero attached hydrogens (tertiary/aromatic N) is 1. The quantitative estimate of drug-likeness (QED) is 0.601. The molecule has 1 amide bonds. The number of carbonyl (C=O) groups excluding carboxylic acids is 1. The number of methoxy groups -OCH3 is 1. The summed E-state index contributed by atoms with van der Waals surface area (Å²) >= 11 is 0. The van der Waals surface area contributed by atoms with Crippen LogP contribution in [0, 0.1) is 5.92 Å². The average Bonchev–Trinajstić information content (AvgIpc) is 2.93. The maximum absolute atomic E-state index is 12.1. The van der Waals surface area contributed by atoms with Crippen molar-refractivity contribution in [1.82, 2.24) is 20.2 Å². The highest BCUT2D eigenvalue weighted by molar-refractivity contribution is 5.79. The molecule has 8 heteroatoms. The molecule has 1 fully saturated rings. The van der Waals surface area contributed by atoms with Gasteiger partial charge in [-0.05, 0) is 13.0 Å². The van der Waals surface area contributed by atoms with Crippen LogP contribution < -0.4 is 16.6 Å². The molecular formula is C13H20N4O4. The predicted octanol–water partition coefficient (Wildman–Crippen LogP) is -1.35. The number of H-pyrrole nitrogens is 2. The van der Waals surface area contributed by atoms with Gasteiger partial charge in [0.1, 0.15) is 0 Å². The summed E-state index contributed by atoms with van der Waals surface area (Å²) in [7, 11) is 1.65. The molecule has 1 aromatic rings. The number of hydrogen-bond acceptors (Lipinski definition) is 5. The third-order valence-corrected chi connectivity index (χ3v) is 3.60. The van der Waals surface area contributed by atoms with E-state index in [4.69, 9.17) is 4.74 Å². The number of carbonyl (C=O) groups is 1. The Hall–Kier alpha value is -1.93. The summed E-state index contributed by atoms with van der Waals surface area (Å²) in [5, 5.41) is 2.74. The number of aromatic amines is 2. The molecule has 116 valence electrons. The van der Waals surface area contributed by atoms with E-state index in [1.54, 1.807) is 7.11 Å². The van der Waals surface area contributed by atoms with Gasteiger partial charge in [-0.15, -0.1) is 0 Å². The molecule has 0 unspecified atom stereocenters. The van der Waals surface area contributed by atoms with Crippen molar-refractivity contribution in [3.05, 3.63) is 32.6 Å². The molecular weight excluding hydrogens is 276 g/mol. The fraction of sp³-hybridized carbons (Fsp3) is 0.615. The summed E-state index contributed by atoms with van der Waals surface area (Å²) in [5.74, 6) is -0.135. The van der Waals surface area contributed by atoms with Crippen LogP contribution in [0.2, 0.25) is 0 Å². The van der Waals surface area contributed by atoms with Crippen molar-refractivity contribution in [3.63, 3.8) is 0 Å². The van der Waals surface area contributed by atoms with Crippen LogP contribution >= 0.6 is 0 Å². The summed E-state index contributed by atoms with van der Waals surface area (Å²) < 4.78 is 5.02. The minimum absolute atomic E-state index is 0.0660. The highest BCUT2D eigenvalue weighted by atomic mass is 16.5. The van der Waals surface area contributed by atoms with Crippen molar-refractivity contribution in [2.75, 3.05) is 33.4 Å². The Bertz CT molecular complexity index is 594. The van der Waals surface area contributed by atoms with E-state index in [-0.39, 0.29) is 18.4 Å². The number of nitrogens with one attached hydrogen (secondary N) is 3. The third kappa shape index (κ3) is 4.27. The first kappa shape index (κ1) is 15.5. The van der Waals surface area contributed by atoms with Gasteiger partial charge in [-0.3, -0.25) is 14.6 Å². The van der Waals surface area contributed by atoms with E-state index in [2.05, 4.69) is 20.2 Å². The van der Waals surface area contributed by atoms with Gasteiger partial charge in [-0.2, -0.15) is 0 Å². The molecule has 1 saturated heterocycles. The van der Waals surface area contributed by atoms with Gasteiger partial charge in [0, 0.05) is 32.9 Å². The van der Waals surface area contributed by atoms with Gasteiger partial charge in [0.25, 0.3) is 5.56 Å². The van der Waals surface area contributed by atoms with Gasteiger partial charge in [0.05, 0.1) is 18.1 Å². The Morgan fingerprint density at radius 3 is 3.05 bits per heavy atom. The first-order valence-electron chi connectivity index (χ1n) is 6.90. The standard InChI is InChI=1S/C13H20N4O4/c1-21-5-4-17-3-2-9(8-17)11(18)14-6-10-7-15-13(20)16-12(10)19/h7,9H,2-6,8H2,1H3,(H,14,18)(H2,15,16,19,20)/t9-/m1/s1. The SMILES string of the molecule is COCCN1CC[C@@H](C(=O)NCc2c[nH]c(=O)[nH]c2=O)C1. The van der Waals surface area contributed by atoms with E-state index < -0.39 is 11.2 Å². The van der Waals surface area contributed by atoms with Crippen LogP contribution in [0.3, 0.4) is 0 Å². The molecule has 2 rings (SSSR count). The van der Waals surface area contributed by atoms with Gasteiger partial charge in [-0.25, -0.2) is 4.79 Å². The largest absolute Gasteiger partial charge is 0.383 e. The van der Waals surface area contributed by atoms with E-state index in [0.29, 0.717) is 18.7 Å². The smallest absolute Gasteiger partial charge is 0.325 e. The Morgan fingerprint density at radius 2 is 2.33 bits per heavy atom. The highest BCUT2D eigenvalue weighted by Crippen LogP contribution is 2.15. The molecule has 8 nitrogen and oxygen atoms in total. The number of hydrogen-bond donors (Lipinski definition) is 3. The second-order valence-corrected chi connectivity index (χ2v) is 5.09. The lowest BCUT2D eigenvalue weighted by molar-refractivity contribution is -0.124. The summed E-state index contributed by atoms with van der Waals surface area (Å²) in [5.41, 5.74) is -0.705. The molecule has 2 heterocycles. The maximum Gasteiger partial charge on any atom is 0.325 e. The fourth-order valence-electron chi connectivity index (χ4n) is 2.37. The Labute approximate surface area is 121 Å². The van der Waals surface area contributed by atoms with E-state index >= 15 is 0 Å². The number of likely N-dealkylation sites (tertiary alicyclic amines) is 1. The van der Waals surface area contributed by atoms with Gasteiger partial charge >= 0.3 is 5.69 Å². The zero-order valence-corrected chi connectivity index (χ0v) is 12.0. The molecule has 21 heavy (non-hydrogen) atoms. The molecule has 0 radical (unpaired) electrons. The lowest BCUT2D eigenvalue weighted by atomic mass is 10.1. The zero-order valence-electron chi connectivity index (χ0n) is 12.0. The fourth-order valence-corrected chi connectivity index (χ4v) is 2.37. The maximum atomic E-state index is 12.1. The first-order valence-corrected chi connectivity index (χ1v) is 6.90. The van der Waals surface area contributed by atoms with Crippen molar-refractivity contribution in [2.24, 2.45) is 5.92 Å². The second kappa shape index (κ2) is 7.19. The molecule has 1 aliphatic heterocycles. The molecule has 0 bridgehead atoms. The van der Waals surface area contributed by atoms with Crippen LogP contribution in [0.15, 0.2) is 15.8 Å². The van der Waals surface area contributed by atoms with E-state index in [0.717, 1.165) is 19.5 Å². The highest BCUT2D eigenvalue weighted by Gasteiger charge is 2.27. The van der Waals surface area contributed by atoms with E-state index in [1.165, 1.54) is 6.20 Å². The lowest BCUT2D eigenvalue weighted by Gasteiger charge is -2.15. The third-order valence-electron chi connectivity index (χ3n) is 3.60.